The molecule has 0 radical (unpaired) electrons. The number of hydrogen-bond acceptors (Lipinski definition) is 5. The minimum Gasteiger partial charge on any atom is -0.384 e. The Labute approximate surface area is 192 Å². The van der Waals surface area contributed by atoms with Gasteiger partial charge >= 0.3 is 0 Å². The number of hydrogen-bond donors (Lipinski definition) is 2. The van der Waals surface area contributed by atoms with Crippen molar-refractivity contribution in [3.8, 4) is 0 Å². The van der Waals surface area contributed by atoms with Gasteiger partial charge in [0.25, 0.3) is 0 Å². The van der Waals surface area contributed by atoms with Gasteiger partial charge in [0.15, 0.2) is 14.7 Å². The van der Waals surface area contributed by atoms with E-state index < -0.39 is 35.6 Å². The minimum atomic E-state index is -4.26. The first kappa shape index (κ1) is 24.3. The summed E-state index contributed by atoms with van der Waals surface area (Å²) < 4.78 is 22.9. The SMILES string of the molecule is CC(CS(=O)(=O)C(Cl)(Cl)C(Cl)Cl)C(O)(Cc1ncn[nH]1)c1ccc(Cl)cc1Cl. The number of nitrogens with zero attached hydrogens (tertiary/aromatic N) is 2. The second kappa shape index (κ2) is 9.02. The molecule has 2 unspecified atom stereocenters. The van der Waals surface area contributed by atoms with E-state index in [4.69, 9.17) is 69.6 Å². The van der Waals surface area contributed by atoms with Crippen molar-refractivity contribution in [1.29, 1.82) is 0 Å². The highest BCUT2D eigenvalue weighted by atomic mass is 35.5. The van der Waals surface area contributed by atoms with E-state index in [0.29, 0.717) is 10.8 Å². The van der Waals surface area contributed by atoms with Gasteiger partial charge in [0, 0.05) is 27.9 Å². The molecular weight excluding hydrogens is 515 g/mol. The zero-order chi connectivity index (χ0) is 21.3. The molecule has 1 aromatic heterocycles. The molecule has 28 heavy (non-hydrogen) atoms. The highest BCUT2D eigenvalue weighted by molar-refractivity contribution is 7.95. The first-order chi connectivity index (χ1) is 12.8. The molecule has 156 valence electrons. The number of benzene rings is 1. The van der Waals surface area contributed by atoms with E-state index in [1.807, 2.05) is 0 Å². The second-order valence-electron chi connectivity index (χ2n) is 6.20. The van der Waals surface area contributed by atoms with Crippen LogP contribution in [-0.2, 0) is 21.9 Å². The number of alkyl halides is 4. The molecule has 0 fully saturated rings. The van der Waals surface area contributed by atoms with E-state index in [-0.39, 0.29) is 17.0 Å². The zero-order valence-corrected chi connectivity index (χ0v) is 19.6. The Morgan fingerprint density at radius 2 is 1.89 bits per heavy atom. The Balaban J connectivity index is 2.49. The van der Waals surface area contributed by atoms with Crippen LogP contribution in [0.25, 0.3) is 0 Å². The third-order valence-corrected chi connectivity index (χ3v) is 10.0. The van der Waals surface area contributed by atoms with Crippen LogP contribution in [0.3, 0.4) is 0 Å². The van der Waals surface area contributed by atoms with Crippen LogP contribution in [0.1, 0.15) is 18.3 Å². The van der Waals surface area contributed by atoms with Crippen LogP contribution < -0.4 is 0 Å². The molecule has 0 saturated carbocycles. The van der Waals surface area contributed by atoms with Gasteiger partial charge in [-0.2, -0.15) is 5.10 Å². The molecule has 0 aliphatic carbocycles. The van der Waals surface area contributed by atoms with Crippen LogP contribution in [-0.4, -0.2) is 43.0 Å². The van der Waals surface area contributed by atoms with Gasteiger partial charge in [0.05, 0.1) is 5.75 Å². The Morgan fingerprint density at radius 1 is 1.25 bits per heavy atom. The van der Waals surface area contributed by atoms with E-state index in [2.05, 4.69) is 15.2 Å². The topological polar surface area (TPSA) is 95.9 Å². The van der Waals surface area contributed by atoms with Crippen molar-refractivity contribution in [2.24, 2.45) is 5.92 Å². The molecule has 0 amide bonds. The van der Waals surface area contributed by atoms with Crippen molar-refractivity contribution in [2.45, 2.75) is 27.4 Å². The van der Waals surface area contributed by atoms with Crippen molar-refractivity contribution in [3.63, 3.8) is 0 Å². The van der Waals surface area contributed by atoms with Crippen LogP contribution in [0, 0.1) is 5.92 Å². The lowest BCUT2D eigenvalue weighted by atomic mass is 9.80. The molecule has 2 aromatic rings. The fraction of sp³-hybridized carbons (Fsp3) is 0.467. The van der Waals surface area contributed by atoms with E-state index in [0.717, 1.165) is 0 Å². The van der Waals surface area contributed by atoms with Crippen LogP contribution in [0.5, 0.6) is 0 Å². The normalized spacial score (nSPS) is 16.2. The van der Waals surface area contributed by atoms with Gasteiger partial charge in [-0.25, -0.2) is 13.4 Å². The third-order valence-electron chi connectivity index (χ3n) is 4.25. The fourth-order valence-electron chi connectivity index (χ4n) is 2.66. The van der Waals surface area contributed by atoms with Gasteiger partial charge in [-0.05, 0) is 12.1 Å². The summed E-state index contributed by atoms with van der Waals surface area (Å²) in [6.45, 7) is 1.50. The van der Waals surface area contributed by atoms with Crippen LogP contribution >= 0.6 is 69.6 Å². The molecule has 13 heteroatoms. The minimum absolute atomic E-state index is 0.117. The number of aromatic amines is 1. The summed E-state index contributed by atoms with van der Waals surface area (Å²) >= 11 is 35.2. The fourth-order valence-corrected chi connectivity index (χ4v) is 5.85. The number of rotatable bonds is 8. The van der Waals surface area contributed by atoms with Crippen LogP contribution in [0.4, 0.5) is 0 Å². The summed E-state index contributed by atoms with van der Waals surface area (Å²) in [7, 11) is -4.26. The van der Waals surface area contributed by atoms with Crippen molar-refractivity contribution in [1.82, 2.24) is 15.2 Å². The van der Waals surface area contributed by atoms with Crippen molar-refractivity contribution < 1.29 is 13.5 Å². The number of sulfone groups is 1. The number of halogens is 6. The second-order valence-corrected chi connectivity index (χ2v) is 12.2. The highest BCUT2D eigenvalue weighted by Gasteiger charge is 2.49. The van der Waals surface area contributed by atoms with Gasteiger partial charge in [0.1, 0.15) is 17.8 Å². The molecule has 2 rings (SSSR count). The molecule has 0 spiro atoms. The largest absolute Gasteiger partial charge is 0.384 e. The van der Waals surface area contributed by atoms with Crippen molar-refractivity contribution in [3.05, 3.63) is 46.0 Å². The summed E-state index contributed by atoms with van der Waals surface area (Å²) in [5, 5.41) is 18.4. The molecule has 2 N–H and O–H groups in total. The first-order valence-corrected chi connectivity index (χ1v) is 11.8. The van der Waals surface area contributed by atoms with Gasteiger partial charge in [-0.1, -0.05) is 59.4 Å². The summed E-state index contributed by atoms with van der Waals surface area (Å²) in [5.41, 5.74) is -1.53. The number of H-pyrrole nitrogens is 1. The van der Waals surface area contributed by atoms with E-state index >= 15 is 0 Å². The van der Waals surface area contributed by atoms with Crippen molar-refractivity contribution >= 4 is 79.4 Å². The summed E-state index contributed by atoms with van der Waals surface area (Å²) in [5.74, 6) is -1.28. The van der Waals surface area contributed by atoms with E-state index in [9.17, 15) is 13.5 Å². The van der Waals surface area contributed by atoms with Crippen LogP contribution in [0.15, 0.2) is 24.5 Å². The first-order valence-electron chi connectivity index (χ1n) is 7.71. The lowest BCUT2D eigenvalue weighted by Crippen LogP contribution is -2.44. The Bertz CT molecular complexity index is 923. The van der Waals surface area contributed by atoms with E-state index in [1.165, 1.54) is 31.5 Å². The van der Waals surface area contributed by atoms with Crippen molar-refractivity contribution in [2.75, 3.05) is 5.75 Å². The third kappa shape index (κ3) is 5.01. The molecule has 2 atom stereocenters. The Kier molecular flexibility index (Phi) is 7.82. The predicted molar refractivity (Wildman–Crippen MR) is 113 cm³/mol. The smallest absolute Gasteiger partial charge is 0.247 e. The zero-order valence-electron chi connectivity index (χ0n) is 14.2. The molecular formula is C15H15Cl6N3O3S. The maximum atomic E-state index is 12.7. The highest BCUT2D eigenvalue weighted by Crippen LogP contribution is 2.43. The molecule has 0 saturated heterocycles. The van der Waals surface area contributed by atoms with Gasteiger partial charge < -0.3 is 5.11 Å². The molecule has 1 aromatic carbocycles. The molecule has 0 aliphatic heterocycles. The summed E-state index contributed by atoms with van der Waals surface area (Å²) in [4.78, 5) is 2.39. The summed E-state index contributed by atoms with van der Waals surface area (Å²) in [6.07, 6.45) is 1.14. The quantitative estimate of drug-likeness (QED) is 0.490. The monoisotopic (exact) mass is 527 g/mol. The average molecular weight is 530 g/mol. The maximum Gasteiger partial charge on any atom is 0.247 e. The molecule has 6 nitrogen and oxygen atoms in total. The van der Waals surface area contributed by atoms with Gasteiger partial charge in [0.2, 0.25) is 3.67 Å². The Hall–Kier alpha value is 0.01000. The molecule has 0 bridgehead atoms. The summed E-state index contributed by atoms with van der Waals surface area (Å²) in [6, 6.07) is 4.47. The molecule has 0 aliphatic rings. The van der Waals surface area contributed by atoms with Gasteiger partial charge in [-0.3, -0.25) is 5.10 Å². The Morgan fingerprint density at radius 3 is 2.39 bits per heavy atom. The standard InChI is InChI=1S/C15H15Cl6N3O3S/c1-8(6-28(26,27)15(20,21)13(18)19)14(25,5-12-22-7-23-24-12)10-3-2-9(16)4-11(10)17/h2-4,7-8,13,25H,5-6H2,1H3,(H,22,23,24). The lowest BCUT2D eigenvalue weighted by molar-refractivity contribution is -0.0104. The molecule has 1 heterocycles. The van der Waals surface area contributed by atoms with Crippen LogP contribution in [0.2, 0.25) is 10.0 Å². The lowest BCUT2D eigenvalue weighted by Gasteiger charge is -2.36. The van der Waals surface area contributed by atoms with E-state index in [1.54, 1.807) is 0 Å². The number of nitrogens with one attached hydrogen (secondary N) is 1. The predicted octanol–water partition coefficient (Wildman–Crippen LogP) is 4.53. The maximum absolute atomic E-state index is 12.7. The average Bonchev–Trinajstić information content (AvgIpc) is 3.06. The number of aliphatic hydroxyl groups is 1. The number of aromatic nitrogens is 3. The van der Waals surface area contributed by atoms with Gasteiger partial charge in [-0.15, -0.1) is 23.2 Å².